The molecule has 0 radical (unpaired) electrons. The summed E-state index contributed by atoms with van der Waals surface area (Å²) in [4.78, 5) is 56.8. The van der Waals surface area contributed by atoms with Crippen LogP contribution >= 0.6 is 11.8 Å². The van der Waals surface area contributed by atoms with E-state index in [2.05, 4.69) is 15.6 Å². The summed E-state index contributed by atoms with van der Waals surface area (Å²) in [6.45, 7) is 1.85. The van der Waals surface area contributed by atoms with Crippen molar-refractivity contribution in [2.45, 2.75) is 36.9 Å². The summed E-state index contributed by atoms with van der Waals surface area (Å²) in [6.07, 6.45) is 0.810. The van der Waals surface area contributed by atoms with Crippen molar-refractivity contribution in [1.29, 1.82) is 0 Å². The molecule has 0 aliphatic carbocycles. The van der Waals surface area contributed by atoms with Gasteiger partial charge in [-0.1, -0.05) is 12.1 Å². The summed E-state index contributed by atoms with van der Waals surface area (Å²) in [6, 6.07) is 9.18. The number of benzene rings is 1. The summed E-state index contributed by atoms with van der Waals surface area (Å²) in [5.74, 6) is 1.07. The van der Waals surface area contributed by atoms with Crippen molar-refractivity contribution in [2.75, 3.05) is 35.6 Å². The van der Waals surface area contributed by atoms with Gasteiger partial charge >= 0.3 is 11.8 Å². The normalized spacial score (nSPS) is 18.8. The molecule has 1 saturated heterocycles. The van der Waals surface area contributed by atoms with Gasteiger partial charge in [0.25, 0.3) is 5.56 Å². The lowest BCUT2D eigenvalue weighted by atomic mass is 10.0. The molecule has 3 aliphatic rings. The zero-order chi connectivity index (χ0) is 24.8. The highest BCUT2D eigenvalue weighted by atomic mass is 32.2. The Morgan fingerprint density at radius 3 is 2.94 bits per heavy atom. The second-order valence-electron chi connectivity index (χ2n) is 8.98. The Morgan fingerprint density at radius 2 is 2.06 bits per heavy atom. The van der Waals surface area contributed by atoms with Crippen molar-refractivity contribution in [3.63, 3.8) is 0 Å². The molecular formula is C24H24N6O5S. The average molecular weight is 509 g/mol. The lowest BCUT2D eigenvalue weighted by Gasteiger charge is -2.20. The summed E-state index contributed by atoms with van der Waals surface area (Å²) in [5, 5.41) is 6.49. The van der Waals surface area contributed by atoms with E-state index in [1.54, 1.807) is 16.7 Å². The first-order chi connectivity index (χ1) is 17.5. The fraction of sp³-hybridized carbons (Fsp3) is 0.375. The summed E-state index contributed by atoms with van der Waals surface area (Å²) in [5.41, 5.74) is 1.23. The number of carbonyl (C=O) groups excluding carboxylic acids is 2. The number of para-hydroxylation sites is 1. The number of aryl methyl sites for hydroxylation is 2. The lowest BCUT2D eigenvalue weighted by Crippen LogP contribution is -2.43. The van der Waals surface area contributed by atoms with Gasteiger partial charge in [0.05, 0.1) is 28.1 Å². The zero-order valence-electron chi connectivity index (χ0n) is 19.4. The van der Waals surface area contributed by atoms with Gasteiger partial charge in [0, 0.05) is 26.2 Å². The van der Waals surface area contributed by atoms with Crippen molar-refractivity contribution < 1.29 is 14.3 Å². The van der Waals surface area contributed by atoms with Crippen molar-refractivity contribution >= 4 is 46.3 Å². The number of nitrogens with one attached hydrogen (secondary N) is 2. The molecular weight excluding hydrogens is 484 g/mol. The van der Waals surface area contributed by atoms with E-state index in [0.29, 0.717) is 49.0 Å². The first-order valence-electron chi connectivity index (χ1n) is 11.9. The molecule has 0 bridgehead atoms. The highest BCUT2D eigenvalue weighted by Gasteiger charge is 2.33. The molecule has 1 aromatic carbocycles. The number of fused-ring (bicyclic) bond motifs is 1. The number of hydrogen-bond acceptors (Lipinski definition) is 8. The maximum Gasteiger partial charge on any atom is 0.416 e. The van der Waals surface area contributed by atoms with Gasteiger partial charge in [0.2, 0.25) is 5.91 Å². The molecule has 3 aromatic rings. The quantitative estimate of drug-likeness (QED) is 0.475. The Morgan fingerprint density at radius 1 is 1.17 bits per heavy atom. The Hall–Kier alpha value is -3.64. The SMILES string of the molecule is O=C1CSc2ccc(N3C[C@H](CNCCn4c(=O)c5cccc6c5n(c4=O)CCC6)OC3=O)nc2N1. The number of cyclic esters (lactones) is 1. The van der Waals surface area contributed by atoms with E-state index >= 15 is 0 Å². The van der Waals surface area contributed by atoms with Crippen LogP contribution in [0.25, 0.3) is 10.9 Å². The number of amides is 2. The highest BCUT2D eigenvalue weighted by Crippen LogP contribution is 2.32. The number of pyridine rings is 1. The van der Waals surface area contributed by atoms with E-state index in [1.165, 1.54) is 21.2 Å². The Kier molecular flexibility index (Phi) is 5.76. The Labute approximate surface area is 209 Å². The van der Waals surface area contributed by atoms with E-state index in [-0.39, 0.29) is 23.7 Å². The van der Waals surface area contributed by atoms with Gasteiger partial charge in [-0.3, -0.25) is 23.6 Å². The molecule has 0 unspecified atom stereocenters. The molecule has 2 N–H and O–H groups in total. The summed E-state index contributed by atoms with van der Waals surface area (Å²) >= 11 is 1.40. The van der Waals surface area contributed by atoms with Gasteiger partial charge < -0.3 is 15.4 Å². The van der Waals surface area contributed by atoms with Gasteiger partial charge in [-0.05, 0) is 36.6 Å². The highest BCUT2D eigenvalue weighted by molar-refractivity contribution is 8.00. The van der Waals surface area contributed by atoms with Crippen molar-refractivity contribution in [1.82, 2.24) is 19.4 Å². The van der Waals surface area contributed by atoms with Crippen LogP contribution in [0, 0.1) is 0 Å². The smallest absolute Gasteiger partial charge is 0.416 e. The second kappa shape index (κ2) is 9.10. The minimum absolute atomic E-state index is 0.127. The number of anilines is 2. The maximum atomic E-state index is 13.0. The van der Waals surface area contributed by atoms with Crippen LogP contribution in [0.2, 0.25) is 0 Å². The molecule has 2 aromatic heterocycles. The molecule has 3 aliphatic heterocycles. The number of carbonyl (C=O) groups is 2. The van der Waals surface area contributed by atoms with Crippen LogP contribution in [-0.2, 0) is 29.0 Å². The van der Waals surface area contributed by atoms with Crippen LogP contribution in [-0.4, -0.2) is 57.6 Å². The first-order valence-corrected chi connectivity index (χ1v) is 12.9. The van der Waals surface area contributed by atoms with Crippen LogP contribution < -0.4 is 26.8 Å². The first kappa shape index (κ1) is 22.8. The number of ether oxygens (including phenoxy) is 1. The largest absolute Gasteiger partial charge is 0.443 e. The van der Waals surface area contributed by atoms with E-state index in [1.807, 2.05) is 18.2 Å². The molecule has 0 spiro atoms. The van der Waals surface area contributed by atoms with Gasteiger partial charge in [0.15, 0.2) is 0 Å². The third-order valence-electron chi connectivity index (χ3n) is 6.65. The molecule has 5 heterocycles. The summed E-state index contributed by atoms with van der Waals surface area (Å²) in [7, 11) is 0. The monoisotopic (exact) mass is 508 g/mol. The zero-order valence-corrected chi connectivity index (χ0v) is 20.2. The molecule has 12 heteroatoms. The maximum absolute atomic E-state index is 13.0. The van der Waals surface area contributed by atoms with Gasteiger partial charge in [-0.15, -0.1) is 11.8 Å². The third kappa shape index (κ3) is 3.95. The molecule has 1 atom stereocenters. The third-order valence-corrected chi connectivity index (χ3v) is 7.70. The topological polar surface area (TPSA) is 128 Å². The molecule has 2 amide bonds. The van der Waals surface area contributed by atoms with Crippen molar-refractivity contribution in [3.05, 3.63) is 56.7 Å². The second-order valence-corrected chi connectivity index (χ2v) is 10.00. The standard InChI is InChI=1S/C24H24N6O5S/c31-19-13-36-17-6-7-18(26-21(17)27-19)30-12-15(35-24(30)34)11-25-8-10-29-22(32)16-5-1-3-14-4-2-9-28(20(14)16)23(29)33/h1,3,5-7,15,25H,2,4,8-13H2,(H,26,27,31)/t15-/m0/s1. The molecule has 1 fully saturated rings. The lowest BCUT2D eigenvalue weighted by molar-refractivity contribution is -0.113. The number of thioether (sulfide) groups is 1. The van der Waals surface area contributed by atoms with Crippen LogP contribution in [0.15, 0.2) is 44.8 Å². The number of aromatic nitrogens is 3. The number of rotatable bonds is 6. The summed E-state index contributed by atoms with van der Waals surface area (Å²) < 4.78 is 8.45. The van der Waals surface area contributed by atoms with E-state index < -0.39 is 12.2 Å². The van der Waals surface area contributed by atoms with Gasteiger partial charge in [-0.25, -0.2) is 14.6 Å². The molecule has 36 heavy (non-hydrogen) atoms. The predicted molar refractivity (Wildman–Crippen MR) is 135 cm³/mol. The number of nitrogens with zero attached hydrogens (tertiary/aromatic N) is 4. The van der Waals surface area contributed by atoms with Gasteiger partial charge in [-0.2, -0.15) is 0 Å². The molecule has 186 valence electrons. The van der Waals surface area contributed by atoms with Crippen LogP contribution in [0.4, 0.5) is 16.4 Å². The molecule has 0 saturated carbocycles. The average Bonchev–Trinajstić information content (AvgIpc) is 3.26. The van der Waals surface area contributed by atoms with E-state index in [4.69, 9.17) is 4.74 Å². The fourth-order valence-corrected chi connectivity index (χ4v) is 5.72. The predicted octanol–water partition coefficient (Wildman–Crippen LogP) is 1.16. The van der Waals surface area contributed by atoms with E-state index in [9.17, 15) is 19.2 Å². The minimum atomic E-state index is -0.511. The van der Waals surface area contributed by atoms with Crippen LogP contribution in [0.3, 0.4) is 0 Å². The number of hydrogen-bond donors (Lipinski definition) is 2. The van der Waals surface area contributed by atoms with Crippen molar-refractivity contribution in [2.24, 2.45) is 0 Å². The molecule has 6 rings (SSSR count). The Balaban J connectivity index is 1.10. The minimum Gasteiger partial charge on any atom is -0.443 e. The molecule has 11 nitrogen and oxygen atoms in total. The fourth-order valence-electron chi connectivity index (χ4n) is 4.96. The van der Waals surface area contributed by atoms with Crippen molar-refractivity contribution in [3.8, 4) is 0 Å². The van der Waals surface area contributed by atoms with Crippen LogP contribution in [0.5, 0.6) is 0 Å². The van der Waals surface area contributed by atoms with E-state index in [0.717, 1.165) is 28.8 Å². The van der Waals surface area contributed by atoms with Crippen LogP contribution in [0.1, 0.15) is 12.0 Å². The van der Waals surface area contributed by atoms with Gasteiger partial charge in [0.1, 0.15) is 17.7 Å². The Bertz CT molecular complexity index is 1520.